The van der Waals surface area contributed by atoms with Gasteiger partial charge in [-0.05, 0) is 18.2 Å². The van der Waals surface area contributed by atoms with Gasteiger partial charge >= 0.3 is 11.6 Å². The Hall–Kier alpha value is -2.05. The molecule has 0 spiro atoms. The number of carboxylic acids is 1. The molecule has 0 radical (unpaired) electrons. The number of rotatable bonds is 4. The van der Waals surface area contributed by atoms with Crippen molar-refractivity contribution >= 4 is 39.8 Å². The van der Waals surface area contributed by atoms with Gasteiger partial charge in [-0.2, -0.15) is 0 Å². The second-order valence-corrected chi connectivity index (χ2v) is 8.19. The second kappa shape index (κ2) is 6.22. The Kier molecular flexibility index (Phi) is 4.28. The highest BCUT2D eigenvalue weighted by atomic mass is 32.2. The molecule has 23 heavy (non-hydrogen) atoms. The lowest BCUT2D eigenvalue weighted by atomic mass is 10.0. The highest BCUT2D eigenvalue weighted by Gasteiger charge is 2.21. The molecule has 0 aliphatic carbocycles. The molecule has 0 fully saturated rings. The van der Waals surface area contributed by atoms with Crippen LogP contribution < -0.4 is 5.63 Å². The van der Waals surface area contributed by atoms with E-state index < -0.39 is 11.6 Å². The van der Waals surface area contributed by atoms with Gasteiger partial charge in [-0.25, -0.2) is 9.59 Å². The first-order chi connectivity index (χ1) is 11.0. The first-order valence-electron chi connectivity index (χ1n) is 7.03. The molecule has 0 aliphatic rings. The zero-order valence-electron chi connectivity index (χ0n) is 12.5. The van der Waals surface area contributed by atoms with Crippen molar-refractivity contribution in [2.75, 3.05) is 0 Å². The van der Waals surface area contributed by atoms with Crippen molar-refractivity contribution in [3.8, 4) is 10.4 Å². The maximum atomic E-state index is 12.0. The molecular formula is C17H14O4S2. The first kappa shape index (κ1) is 15.8. The number of thioether (sulfide) groups is 1. The van der Waals surface area contributed by atoms with Crippen molar-refractivity contribution in [1.29, 1.82) is 0 Å². The van der Waals surface area contributed by atoms with Gasteiger partial charge in [-0.15, -0.1) is 23.1 Å². The van der Waals surface area contributed by atoms with E-state index in [0.29, 0.717) is 21.6 Å². The van der Waals surface area contributed by atoms with E-state index in [-0.39, 0.29) is 5.76 Å². The van der Waals surface area contributed by atoms with E-state index in [1.54, 1.807) is 36.0 Å². The molecule has 0 saturated heterocycles. The summed E-state index contributed by atoms with van der Waals surface area (Å²) in [6.07, 6.45) is 0. The van der Waals surface area contributed by atoms with Crippen molar-refractivity contribution < 1.29 is 14.3 Å². The Morgan fingerprint density at radius 3 is 2.52 bits per heavy atom. The van der Waals surface area contributed by atoms with Crippen LogP contribution in [0.25, 0.3) is 21.2 Å². The molecule has 0 saturated carbocycles. The van der Waals surface area contributed by atoms with Crippen LogP contribution in [0.15, 0.2) is 49.8 Å². The molecule has 3 aromatic rings. The monoisotopic (exact) mass is 346 g/mol. The predicted octanol–water partition coefficient (Wildman–Crippen LogP) is 4.72. The largest absolute Gasteiger partial charge is 0.475 e. The van der Waals surface area contributed by atoms with Crippen LogP contribution in [0.4, 0.5) is 0 Å². The molecule has 2 heterocycles. The number of benzene rings is 1. The van der Waals surface area contributed by atoms with Gasteiger partial charge in [0, 0.05) is 15.5 Å². The fourth-order valence-electron chi connectivity index (χ4n) is 2.35. The van der Waals surface area contributed by atoms with Crippen molar-refractivity contribution in [3.05, 3.63) is 52.6 Å². The Labute approximate surface area is 140 Å². The molecule has 0 bridgehead atoms. The van der Waals surface area contributed by atoms with E-state index in [1.165, 1.54) is 11.3 Å². The third-order valence-corrected chi connectivity index (χ3v) is 5.49. The Bertz CT molecular complexity index is 937. The summed E-state index contributed by atoms with van der Waals surface area (Å²) in [4.78, 5) is 24.3. The summed E-state index contributed by atoms with van der Waals surface area (Å²) in [6.45, 7) is 4.20. The normalized spacial score (nSPS) is 11.3. The van der Waals surface area contributed by atoms with Crippen LogP contribution in [-0.2, 0) is 0 Å². The predicted molar refractivity (Wildman–Crippen MR) is 93.7 cm³/mol. The molecule has 3 rings (SSSR count). The van der Waals surface area contributed by atoms with Crippen molar-refractivity contribution in [1.82, 2.24) is 0 Å². The fraction of sp³-hybridized carbons (Fsp3) is 0.176. The second-order valence-electron chi connectivity index (χ2n) is 5.23. The number of carbonyl (C=O) groups is 1. The van der Waals surface area contributed by atoms with Crippen LogP contribution in [0.2, 0.25) is 0 Å². The maximum absolute atomic E-state index is 12.0. The average Bonchev–Trinajstić information content (AvgIpc) is 2.94. The smallest absolute Gasteiger partial charge is 0.372 e. The molecule has 6 heteroatoms. The van der Waals surface area contributed by atoms with Crippen LogP contribution >= 0.6 is 23.1 Å². The summed E-state index contributed by atoms with van der Waals surface area (Å²) in [5.74, 6) is -1.55. The number of aromatic carboxylic acids is 1. The highest BCUT2D eigenvalue weighted by Crippen LogP contribution is 2.39. The first-order valence-corrected chi connectivity index (χ1v) is 8.73. The third-order valence-electron chi connectivity index (χ3n) is 3.21. The summed E-state index contributed by atoms with van der Waals surface area (Å²) in [6, 6.07) is 10.8. The Morgan fingerprint density at radius 1 is 1.17 bits per heavy atom. The minimum Gasteiger partial charge on any atom is -0.475 e. The zero-order chi connectivity index (χ0) is 16.6. The topological polar surface area (TPSA) is 67.5 Å². The standard InChI is InChI=1S/C17H14O4S2/c1-9(2)22-13-8-7-12(23-13)14-10-5-3-4-6-11(10)17(20)21-15(14)16(18)19/h3-9H,1-2H3,(H,18,19). The molecular weight excluding hydrogens is 332 g/mol. The molecule has 1 N–H and O–H groups in total. The Balaban J connectivity index is 2.28. The van der Waals surface area contributed by atoms with E-state index in [1.807, 2.05) is 12.1 Å². The minimum absolute atomic E-state index is 0.309. The summed E-state index contributed by atoms with van der Waals surface area (Å²) < 4.78 is 6.17. The van der Waals surface area contributed by atoms with Crippen LogP contribution in [0.3, 0.4) is 0 Å². The molecule has 1 aromatic carbocycles. The summed E-state index contributed by atoms with van der Waals surface area (Å²) >= 11 is 3.22. The number of carboxylic acid groups (broad SMARTS) is 1. The summed E-state index contributed by atoms with van der Waals surface area (Å²) in [7, 11) is 0. The van der Waals surface area contributed by atoms with Crippen LogP contribution in [0, 0.1) is 0 Å². The number of fused-ring (bicyclic) bond motifs is 1. The van der Waals surface area contributed by atoms with E-state index in [0.717, 1.165) is 9.09 Å². The van der Waals surface area contributed by atoms with Crippen LogP contribution in [-0.4, -0.2) is 16.3 Å². The van der Waals surface area contributed by atoms with Crippen molar-refractivity contribution in [2.45, 2.75) is 23.3 Å². The van der Waals surface area contributed by atoms with E-state index >= 15 is 0 Å². The van der Waals surface area contributed by atoms with E-state index in [4.69, 9.17) is 4.42 Å². The summed E-state index contributed by atoms with van der Waals surface area (Å²) in [5.41, 5.74) is -0.164. The fourth-order valence-corrected chi connectivity index (χ4v) is 4.79. The average molecular weight is 346 g/mol. The third kappa shape index (κ3) is 3.04. The van der Waals surface area contributed by atoms with Gasteiger partial charge in [0.25, 0.3) is 0 Å². The molecule has 4 nitrogen and oxygen atoms in total. The molecule has 0 aliphatic heterocycles. The summed E-state index contributed by atoms with van der Waals surface area (Å²) in [5, 5.41) is 10.9. The number of hydrogen-bond donors (Lipinski definition) is 1. The van der Waals surface area contributed by atoms with Gasteiger partial charge in [0.05, 0.1) is 15.2 Å². The van der Waals surface area contributed by atoms with Crippen LogP contribution in [0.1, 0.15) is 24.4 Å². The van der Waals surface area contributed by atoms with Crippen molar-refractivity contribution in [2.24, 2.45) is 0 Å². The quantitative estimate of drug-likeness (QED) is 0.692. The van der Waals surface area contributed by atoms with Crippen LogP contribution in [0.5, 0.6) is 0 Å². The molecule has 2 aromatic heterocycles. The van der Waals surface area contributed by atoms with Gasteiger partial charge in [0.15, 0.2) is 0 Å². The molecule has 0 unspecified atom stereocenters. The minimum atomic E-state index is -1.24. The highest BCUT2D eigenvalue weighted by molar-refractivity contribution is 8.01. The van der Waals surface area contributed by atoms with E-state index in [2.05, 4.69) is 13.8 Å². The van der Waals surface area contributed by atoms with Gasteiger partial charge in [-0.3, -0.25) is 0 Å². The van der Waals surface area contributed by atoms with Gasteiger partial charge in [0.2, 0.25) is 5.76 Å². The number of hydrogen-bond acceptors (Lipinski definition) is 5. The van der Waals surface area contributed by atoms with Gasteiger partial charge in [0.1, 0.15) is 0 Å². The lowest BCUT2D eigenvalue weighted by Crippen LogP contribution is -2.08. The zero-order valence-corrected chi connectivity index (χ0v) is 14.2. The maximum Gasteiger partial charge on any atom is 0.372 e. The Morgan fingerprint density at radius 2 is 1.87 bits per heavy atom. The lowest BCUT2D eigenvalue weighted by molar-refractivity contribution is 0.0659. The lowest BCUT2D eigenvalue weighted by Gasteiger charge is -2.07. The molecule has 0 atom stereocenters. The SMILES string of the molecule is CC(C)Sc1ccc(-c2c(C(=O)O)oc(=O)c3ccccc23)s1. The number of thiophene rings is 1. The molecule has 0 amide bonds. The molecule has 118 valence electrons. The van der Waals surface area contributed by atoms with E-state index in [9.17, 15) is 14.7 Å². The van der Waals surface area contributed by atoms with Gasteiger partial charge < -0.3 is 9.52 Å². The van der Waals surface area contributed by atoms with Crippen molar-refractivity contribution in [3.63, 3.8) is 0 Å². The van der Waals surface area contributed by atoms with Gasteiger partial charge in [-0.1, -0.05) is 32.0 Å².